The number of hydrogen-bond donors (Lipinski definition) is 10. The van der Waals surface area contributed by atoms with Gasteiger partial charge in [-0.05, 0) is 168 Å². The monoisotopic (exact) mass is 1750 g/mol. The number of ether oxygens (including phenoxy) is 4. The maximum atomic E-state index is 11.6. The SMILES string of the molecule is CC=CC.CC=CC.CCCCNc1cc(C(=O)Cl)cc(NS(=O)[O-])c1Oc1ccccc1.CCCCNc1cc(C(=O)O)cc(NS(=O)[O-])c1Oc1ccccc1.CCCCNc1cc(C(=O)S)cc(NS(=O)[O-])c1Oc1ccccc1.CCCCNc1cc(C(=O)[S-])cc(NS(=O)[O-])c1Oc1ccccc1.O=S(Cl)Cl.[CH3+]. The van der Waals surface area contributed by atoms with Crippen molar-refractivity contribution in [2.45, 2.75) is 107 Å². The number of aromatic carboxylic acids is 1. The Bertz CT molecular complexity index is 3830. The Kier molecular flexibility index (Phi) is 54.2. The van der Waals surface area contributed by atoms with Crippen molar-refractivity contribution in [2.75, 3.05) is 66.3 Å². The molecule has 0 aliphatic heterocycles. The molecule has 4 atom stereocenters. The first-order chi connectivity index (χ1) is 53.6. The maximum absolute atomic E-state index is 11.6. The number of carboxylic acids is 1. The summed E-state index contributed by atoms with van der Waals surface area (Å²) in [6.07, 6.45) is 15.5. The van der Waals surface area contributed by atoms with Crippen molar-refractivity contribution in [2.24, 2.45) is 0 Å². The number of halogens is 3. The van der Waals surface area contributed by atoms with E-state index >= 15 is 0 Å². The fourth-order valence-electron chi connectivity index (χ4n) is 8.65. The van der Waals surface area contributed by atoms with Gasteiger partial charge in [-0.25, -0.2) is 9.00 Å². The normalized spacial score (nSPS) is 11.3. The number of anilines is 8. The van der Waals surface area contributed by atoms with E-state index in [4.69, 9.17) is 47.4 Å². The third-order valence-electron chi connectivity index (χ3n) is 14.0. The number of unbranched alkanes of at least 4 members (excludes halogenated alkanes) is 4. The molecule has 8 aromatic rings. The zero-order valence-electron chi connectivity index (χ0n) is 63.4. The second-order valence-corrected chi connectivity index (χ2v) is 28.8. The van der Waals surface area contributed by atoms with Crippen LogP contribution in [0.25, 0.3) is 0 Å². The number of nitrogens with one attached hydrogen (secondary N) is 8. The molecule has 616 valence electrons. The Labute approximate surface area is 699 Å². The summed E-state index contributed by atoms with van der Waals surface area (Å²) in [6, 6.07) is 47.2. The van der Waals surface area contributed by atoms with E-state index in [1.54, 1.807) is 103 Å². The number of carbonyl (C=O) groups excluding carboxylic acids is 3. The van der Waals surface area contributed by atoms with Crippen molar-refractivity contribution in [3.8, 4) is 46.0 Å². The molecular formula is C77H93Cl3N8O18S7-4. The lowest BCUT2D eigenvalue weighted by Crippen LogP contribution is -2.10. The third kappa shape index (κ3) is 42.8. The van der Waals surface area contributed by atoms with Crippen LogP contribution >= 0.6 is 45.6 Å². The van der Waals surface area contributed by atoms with Gasteiger partial charge in [0.15, 0.2) is 23.0 Å². The lowest BCUT2D eigenvalue weighted by atomic mass is 10.1. The van der Waals surface area contributed by atoms with E-state index in [1.807, 2.05) is 95.3 Å². The highest BCUT2D eigenvalue weighted by atomic mass is 36.0. The molecule has 0 saturated heterocycles. The van der Waals surface area contributed by atoms with Crippen LogP contribution in [0.5, 0.6) is 46.0 Å². The largest absolute Gasteiger partial charge is 0.755 e. The molecule has 8 aromatic carbocycles. The quantitative estimate of drug-likeness (QED) is 0.00332. The molecule has 0 bridgehead atoms. The van der Waals surface area contributed by atoms with Crippen LogP contribution in [0.1, 0.15) is 148 Å². The van der Waals surface area contributed by atoms with E-state index in [2.05, 4.69) is 94.9 Å². The molecule has 36 heteroatoms. The van der Waals surface area contributed by atoms with Gasteiger partial charge < -0.3 is 99.8 Å². The topological polar surface area (TPSA) is 399 Å². The zero-order valence-corrected chi connectivity index (χ0v) is 71.4. The summed E-state index contributed by atoms with van der Waals surface area (Å²) >= 11 is 3.74. The first-order valence-electron chi connectivity index (χ1n) is 34.4. The summed E-state index contributed by atoms with van der Waals surface area (Å²) in [5.74, 6) is 2.03. The maximum Gasteiger partial charge on any atom is 0.335 e. The van der Waals surface area contributed by atoms with Gasteiger partial charge in [-0.2, -0.15) is 0 Å². The standard InChI is InChI=1S/C17H19ClN2O4S.C17H20N2O5S.2C17H20N2O4S2.2C4H8.CH3.Cl2OS/c1-2-3-9-19-14-10-12(17(18)21)11-15(20-25(22)23)16(14)24-13-7-5-4-6-8-13;1-2-3-9-18-14-10-12(17(20)21)11-15(19-25(22)23)16(14)24-13-7-5-4-6-8-13;2*1-2-3-9-18-14-10-12(17(20)24)11-15(19-25(21)22)16(14)23-13-7-5-4-6-8-13;2*1-3-4-2;;1-4(2)3/h4-8,10-11,19-20H,2-3,9H2,1H3,(H,22,23);4-8,10-11,18-19H,2-3,9H2,1H3,(H,20,21)(H,22,23);2*4-8,10-11,18-19H,2-3,9H2,1H3,(H,20,24)(H,21,22);2*3-4H,1-2H3;1H3;/q;;;;;;+1;/p-5. The number of rotatable bonds is 36. The average Bonchev–Trinajstić information content (AvgIpc) is 0.830. The molecule has 0 aliphatic rings. The smallest absolute Gasteiger partial charge is 0.335 e. The molecule has 0 radical (unpaired) electrons. The fraction of sp³-hybridized carbons (Fsp3) is 0.260. The van der Waals surface area contributed by atoms with Crippen molar-refractivity contribution in [3.63, 3.8) is 0 Å². The van der Waals surface area contributed by atoms with Crippen LogP contribution in [0.15, 0.2) is 194 Å². The van der Waals surface area contributed by atoms with Crippen molar-refractivity contribution in [3.05, 3.63) is 224 Å². The molecule has 4 unspecified atom stereocenters. The number of para-hydroxylation sites is 4. The van der Waals surface area contributed by atoms with Crippen LogP contribution in [-0.2, 0) is 66.9 Å². The van der Waals surface area contributed by atoms with E-state index in [0.717, 1.165) is 51.4 Å². The summed E-state index contributed by atoms with van der Waals surface area (Å²) in [5.41, 5.74) is 2.98. The van der Waals surface area contributed by atoms with Crippen LogP contribution in [0.4, 0.5) is 45.5 Å². The Hall–Kier alpha value is -8.78. The van der Waals surface area contributed by atoms with Crippen LogP contribution in [0.2, 0.25) is 0 Å². The van der Waals surface area contributed by atoms with E-state index in [-0.39, 0.29) is 69.7 Å². The first-order valence-corrected chi connectivity index (χ1v) is 42.7. The van der Waals surface area contributed by atoms with Gasteiger partial charge in [0, 0.05) is 116 Å². The summed E-state index contributed by atoms with van der Waals surface area (Å²) in [7, 11) is 7.36. The van der Waals surface area contributed by atoms with E-state index in [1.165, 1.54) is 30.3 Å². The molecule has 26 nitrogen and oxygen atoms in total. The molecule has 8 rings (SSSR count). The molecule has 0 aromatic heterocycles. The zero-order chi connectivity index (χ0) is 83.3. The van der Waals surface area contributed by atoms with Crippen LogP contribution < -0.4 is 59.1 Å². The highest BCUT2D eigenvalue weighted by Gasteiger charge is 2.21. The average molecular weight is 1750 g/mol. The van der Waals surface area contributed by atoms with Crippen molar-refractivity contribution < 1.29 is 82.5 Å². The van der Waals surface area contributed by atoms with Crippen molar-refractivity contribution >= 4 is 179 Å². The third-order valence-corrected chi connectivity index (χ3v) is 16.2. The molecule has 113 heavy (non-hydrogen) atoms. The molecule has 0 fully saturated rings. The van der Waals surface area contributed by atoms with Crippen LogP contribution in [0.3, 0.4) is 0 Å². The Morgan fingerprint density at radius 3 is 0.832 bits per heavy atom. The molecule has 0 saturated carbocycles. The van der Waals surface area contributed by atoms with Gasteiger partial charge in [-0.1, -0.05) is 150 Å². The lowest BCUT2D eigenvalue weighted by Gasteiger charge is -2.20. The number of carbonyl (C=O) groups is 4. The summed E-state index contributed by atoms with van der Waals surface area (Å²) < 4.78 is 130. The lowest BCUT2D eigenvalue weighted by molar-refractivity contribution is 0.0696. The van der Waals surface area contributed by atoms with Crippen LogP contribution in [0, 0.1) is 7.43 Å². The van der Waals surface area contributed by atoms with Gasteiger partial charge in [0.2, 0.25) is 14.3 Å². The summed E-state index contributed by atoms with van der Waals surface area (Å²) in [6.45, 7) is 18.7. The molecule has 9 N–H and O–H groups in total. The van der Waals surface area contributed by atoms with E-state index < -0.39 is 75.7 Å². The Morgan fingerprint density at radius 1 is 0.407 bits per heavy atom. The Morgan fingerprint density at radius 2 is 0.619 bits per heavy atom. The van der Waals surface area contributed by atoms with Crippen LogP contribution in [-0.4, -0.2) is 92.0 Å². The predicted octanol–water partition coefficient (Wildman–Crippen LogP) is 20.1. The number of benzene rings is 8. The number of carboxylic acid groups (broad SMARTS) is 1. The summed E-state index contributed by atoms with van der Waals surface area (Å²) in [4.78, 5) is 46.1. The molecular weight excluding hydrogens is 1660 g/mol. The minimum Gasteiger partial charge on any atom is -0.755 e. The highest BCUT2D eigenvalue weighted by Crippen LogP contribution is 2.43. The molecule has 0 heterocycles. The van der Waals surface area contributed by atoms with Crippen molar-refractivity contribution in [1.82, 2.24) is 0 Å². The predicted molar refractivity (Wildman–Crippen MR) is 465 cm³/mol. The van der Waals surface area contributed by atoms with Gasteiger partial charge >= 0.3 is 5.97 Å². The second-order valence-electron chi connectivity index (χ2n) is 22.4. The fourth-order valence-corrected chi connectivity index (χ4v) is 10.3. The molecule has 0 spiro atoms. The first kappa shape index (κ1) is 102. The minimum absolute atomic E-state index is 0. The van der Waals surface area contributed by atoms with E-state index in [0.29, 0.717) is 77.7 Å². The minimum atomic E-state index is -2.62. The van der Waals surface area contributed by atoms with Gasteiger partial charge in [-0.3, -0.25) is 26.4 Å². The number of hydrogen-bond acceptors (Lipinski definition) is 22. The van der Waals surface area contributed by atoms with Gasteiger partial charge in [0.05, 0.1) is 51.1 Å². The summed E-state index contributed by atoms with van der Waals surface area (Å²) in [5, 5.41) is 20.2. The van der Waals surface area contributed by atoms with Gasteiger partial charge in [0.1, 0.15) is 23.0 Å². The van der Waals surface area contributed by atoms with E-state index in [9.17, 15) is 59.3 Å². The Balaban J connectivity index is 0.000000714. The second kappa shape index (κ2) is 59.9. The highest BCUT2D eigenvalue weighted by molar-refractivity contribution is 8.26. The number of thiol groups is 1. The number of allylic oxidation sites excluding steroid dienone is 4. The van der Waals surface area contributed by atoms with Gasteiger partial charge in [-0.15, -0.1) is 12.6 Å². The molecule has 0 aliphatic carbocycles. The van der Waals surface area contributed by atoms with Crippen molar-refractivity contribution in [1.29, 1.82) is 0 Å². The molecule has 0 amide bonds. The van der Waals surface area contributed by atoms with Gasteiger partial charge in [0.25, 0.3) is 5.24 Å².